The summed E-state index contributed by atoms with van der Waals surface area (Å²) in [6.07, 6.45) is 2.04. The topological polar surface area (TPSA) is 46.6 Å². The lowest BCUT2D eigenvalue weighted by Crippen LogP contribution is -2.64. The SMILES string of the molecule is C[C@]12CCO[C@]13C(=O)c1ccccc1N3C(=O)CC2. The molecule has 0 aliphatic carbocycles. The third-order valence-electron chi connectivity index (χ3n) is 4.94. The van der Waals surface area contributed by atoms with Gasteiger partial charge in [0.15, 0.2) is 0 Å². The molecule has 98 valence electrons. The smallest absolute Gasteiger partial charge is 0.229 e. The van der Waals surface area contributed by atoms with Gasteiger partial charge in [-0.05, 0) is 25.0 Å². The van der Waals surface area contributed by atoms with Crippen LogP contribution in [0.25, 0.3) is 0 Å². The predicted molar refractivity (Wildman–Crippen MR) is 68.9 cm³/mol. The van der Waals surface area contributed by atoms with Gasteiger partial charge in [-0.15, -0.1) is 0 Å². The Hall–Kier alpha value is -1.68. The summed E-state index contributed by atoms with van der Waals surface area (Å²) in [5.41, 5.74) is -0.0144. The maximum atomic E-state index is 12.9. The standard InChI is InChI=1S/C15H15NO3/c1-14-7-6-12(17)16-11-5-3-2-4-10(11)13(18)15(14,16)19-9-8-14/h2-5H,6-9H2,1H3/t14-,15+/m0/s1. The first-order valence-corrected chi connectivity index (χ1v) is 6.71. The molecule has 2 saturated heterocycles. The van der Waals surface area contributed by atoms with E-state index in [2.05, 4.69) is 6.92 Å². The number of carbonyl (C=O) groups excluding carboxylic acids is 2. The number of rotatable bonds is 0. The summed E-state index contributed by atoms with van der Waals surface area (Å²) in [6.45, 7) is 2.61. The molecular weight excluding hydrogens is 242 g/mol. The highest BCUT2D eigenvalue weighted by Gasteiger charge is 2.69. The van der Waals surface area contributed by atoms with Crippen molar-refractivity contribution in [1.29, 1.82) is 0 Å². The summed E-state index contributed by atoms with van der Waals surface area (Å²) in [7, 11) is 0. The molecule has 0 bridgehead atoms. The maximum absolute atomic E-state index is 12.9. The van der Waals surface area contributed by atoms with Crippen LogP contribution in [0.5, 0.6) is 0 Å². The second-order valence-electron chi connectivity index (χ2n) is 5.88. The van der Waals surface area contributed by atoms with Gasteiger partial charge in [-0.25, -0.2) is 0 Å². The second-order valence-corrected chi connectivity index (χ2v) is 5.88. The highest BCUT2D eigenvalue weighted by Crippen LogP contribution is 2.58. The lowest BCUT2D eigenvalue weighted by atomic mass is 9.70. The molecule has 3 aliphatic rings. The first-order valence-electron chi connectivity index (χ1n) is 6.71. The van der Waals surface area contributed by atoms with Crippen LogP contribution in [0.3, 0.4) is 0 Å². The van der Waals surface area contributed by atoms with Gasteiger partial charge in [0.05, 0.1) is 12.3 Å². The molecule has 3 heterocycles. The van der Waals surface area contributed by atoms with Crippen LogP contribution in [0, 0.1) is 5.41 Å². The molecule has 4 heteroatoms. The quantitative estimate of drug-likeness (QED) is 0.715. The molecule has 0 radical (unpaired) electrons. The zero-order valence-corrected chi connectivity index (χ0v) is 10.8. The van der Waals surface area contributed by atoms with Crippen molar-refractivity contribution in [1.82, 2.24) is 0 Å². The number of Topliss-reactive ketones (excluding diaryl/α,β-unsaturated/α-hetero) is 1. The van der Waals surface area contributed by atoms with Crippen molar-refractivity contribution >= 4 is 17.4 Å². The minimum absolute atomic E-state index is 0.00215. The van der Waals surface area contributed by atoms with E-state index >= 15 is 0 Å². The molecule has 1 spiro atoms. The predicted octanol–water partition coefficient (Wildman–Crippen LogP) is 2.13. The lowest BCUT2D eigenvalue weighted by Gasteiger charge is -2.47. The maximum Gasteiger partial charge on any atom is 0.229 e. The van der Waals surface area contributed by atoms with Gasteiger partial charge in [0.25, 0.3) is 0 Å². The molecule has 2 atom stereocenters. The number of piperidine rings is 1. The number of benzene rings is 1. The van der Waals surface area contributed by atoms with Crippen LogP contribution >= 0.6 is 0 Å². The zero-order chi connectivity index (χ0) is 13.3. The Morgan fingerprint density at radius 1 is 1.21 bits per heavy atom. The fraction of sp³-hybridized carbons (Fsp3) is 0.467. The number of anilines is 1. The van der Waals surface area contributed by atoms with Gasteiger partial charge < -0.3 is 4.74 Å². The zero-order valence-electron chi connectivity index (χ0n) is 10.8. The van der Waals surface area contributed by atoms with Crippen molar-refractivity contribution in [2.24, 2.45) is 5.41 Å². The Balaban J connectivity index is 2.02. The summed E-state index contributed by atoms with van der Waals surface area (Å²) >= 11 is 0. The van der Waals surface area contributed by atoms with Gasteiger partial charge in [-0.1, -0.05) is 19.1 Å². The normalized spacial score (nSPS) is 36.2. The van der Waals surface area contributed by atoms with Crippen molar-refractivity contribution in [2.75, 3.05) is 11.5 Å². The molecule has 19 heavy (non-hydrogen) atoms. The number of fused-ring (bicyclic) bond motifs is 2. The van der Waals surface area contributed by atoms with Crippen molar-refractivity contribution in [2.45, 2.75) is 31.9 Å². The number of hydrogen-bond donors (Lipinski definition) is 0. The van der Waals surface area contributed by atoms with E-state index in [1.165, 1.54) is 0 Å². The van der Waals surface area contributed by atoms with Gasteiger partial charge >= 0.3 is 0 Å². The van der Waals surface area contributed by atoms with E-state index in [0.29, 0.717) is 24.3 Å². The van der Waals surface area contributed by atoms with Gasteiger partial charge in [0.2, 0.25) is 17.4 Å². The van der Waals surface area contributed by atoms with E-state index in [1.807, 2.05) is 18.2 Å². The van der Waals surface area contributed by atoms with E-state index in [9.17, 15) is 9.59 Å². The number of nitrogens with zero attached hydrogens (tertiary/aromatic N) is 1. The molecule has 0 saturated carbocycles. The highest BCUT2D eigenvalue weighted by molar-refractivity contribution is 6.20. The van der Waals surface area contributed by atoms with E-state index in [1.54, 1.807) is 11.0 Å². The van der Waals surface area contributed by atoms with Gasteiger partial charge in [-0.3, -0.25) is 14.5 Å². The Bertz CT molecular complexity index is 611. The van der Waals surface area contributed by atoms with Crippen LogP contribution in [0.1, 0.15) is 36.5 Å². The molecule has 3 aliphatic heterocycles. The molecule has 0 unspecified atom stereocenters. The van der Waals surface area contributed by atoms with Crippen LogP contribution < -0.4 is 4.90 Å². The molecule has 1 aromatic carbocycles. The van der Waals surface area contributed by atoms with E-state index in [-0.39, 0.29) is 17.1 Å². The summed E-state index contributed by atoms with van der Waals surface area (Å²) in [5.74, 6) is -0.0474. The third kappa shape index (κ3) is 1.06. The molecular formula is C15H15NO3. The Kier molecular flexibility index (Phi) is 1.91. The summed E-state index contributed by atoms with van der Waals surface area (Å²) in [5, 5.41) is 0. The van der Waals surface area contributed by atoms with Gasteiger partial charge in [0.1, 0.15) is 0 Å². The van der Waals surface area contributed by atoms with Crippen molar-refractivity contribution in [3.8, 4) is 0 Å². The molecule has 4 nitrogen and oxygen atoms in total. The summed E-state index contributed by atoms with van der Waals surface area (Å²) < 4.78 is 5.89. The Morgan fingerprint density at radius 3 is 2.84 bits per heavy atom. The fourth-order valence-corrected chi connectivity index (χ4v) is 3.86. The third-order valence-corrected chi connectivity index (χ3v) is 4.94. The number of para-hydroxylation sites is 1. The summed E-state index contributed by atoms with van der Waals surface area (Å²) in [6, 6.07) is 7.33. The van der Waals surface area contributed by atoms with Crippen LogP contribution in [-0.4, -0.2) is 24.0 Å². The van der Waals surface area contributed by atoms with E-state index in [4.69, 9.17) is 4.74 Å². The van der Waals surface area contributed by atoms with Crippen LogP contribution in [-0.2, 0) is 9.53 Å². The van der Waals surface area contributed by atoms with Crippen molar-refractivity contribution in [3.05, 3.63) is 29.8 Å². The average molecular weight is 257 g/mol. The highest BCUT2D eigenvalue weighted by atomic mass is 16.5. The Morgan fingerprint density at radius 2 is 2.00 bits per heavy atom. The lowest BCUT2D eigenvalue weighted by molar-refractivity contribution is -0.131. The van der Waals surface area contributed by atoms with E-state index in [0.717, 1.165) is 12.8 Å². The largest absolute Gasteiger partial charge is 0.347 e. The second kappa shape index (κ2) is 3.25. The monoisotopic (exact) mass is 257 g/mol. The molecule has 4 rings (SSSR count). The van der Waals surface area contributed by atoms with E-state index < -0.39 is 5.72 Å². The average Bonchev–Trinajstić information content (AvgIpc) is 2.88. The van der Waals surface area contributed by atoms with Crippen LogP contribution in [0.15, 0.2) is 24.3 Å². The number of carbonyl (C=O) groups is 2. The number of amides is 1. The Labute approximate surface area is 111 Å². The summed E-state index contributed by atoms with van der Waals surface area (Å²) in [4.78, 5) is 26.8. The molecule has 2 fully saturated rings. The molecule has 0 N–H and O–H groups in total. The first-order chi connectivity index (χ1) is 9.10. The number of ether oxygens (including phenoxy) is 1. The van der Waals surface area contributed by atoms with Crippen molar-refractivity contribution < 1.29 is 14.3 Å². The minimum atomic E-state index is -1.08. The van der Waals surface area contributed by atoms with Gasteiger partial charge in [0, 0.05) is 17.4 Å². The van der Waals surface area contributed by atoms with Gasteiger partial charge in [-0.2, -0.15) is 0 Å². The van der Waals surface area contributed by atoms with Crippen LogP contribution in [0.2, 0.25) is 0 Å². The van der Waals surface area contributed by atoms with Crippen LogP contribution in [0.4, 0.5) is 5.69 Å². The molecule has 1 aromatic rings. The number of hydrogen-bond acceptors (Lipinski definition) is 3. The molecule has 1 amide bonds. The minimum Gasteiger partial charge on any atom is -0.347 e. The number of ketones is 1. The molecule has 0 aromatic heterocycles. The van der Waals surface area contributed by atoms with Crippen molar-refractivity contribution in [3.63, 3.8) is 0 Å². The first kappa shape index (κ1) is 11.2. The fourth-order valence-electron chi connectivity index (χ4n) is 3.86.